The average Bonchev–Trinajstić information content (AvgIpc) is 3.15. The van der Waals surface area contributed by atoms with Gasteiger partial charge in [-0.05, 0) is 36.2 Å². The molecule has 0 amide bonds. The lowest BCUT2D eigenvalue weighted by Crippen LogP contribution is -2.35. The summed E-state index contributed by atoms with van der Waals surface area (Å²) in [6.45, 7) is 2.22. The van der Waals surface area contributed by atoms with Crippen molar-refractivity contribution in [2.24, 2.45) is 4.99 Å². The van der Waals surface area contributed by atoms with Crippen LogP contribution in [0.1, 0.15) is 36.7 Å². The lowest BCUT2D eigenvalue weighted by molar-refractivity contribution is 0.255. The molecule has 0 unspecified atom stereocenters. The van der Waals surface area contributed by atoms with Gasteiger partial charge in [-0.1, -0.05) is 54.0 Å². The highest BCUT2D eigenvalue weighted by Gasteiger charge is 2.46. The molecule has 0 spiro atoms. The van der Waals surface area contributed by atoms with E-state index in [9.17, 15) is 0 Å². The molecule has 0 saturated carbocycles. The summed E-state index contributed by atoms with van der Waals surface area (Å²) in [4.78, 5) is 12.0. The van der Waals surface area contributed by atoms with E-state index in [-0.39, 0.29) is 12.1 Å². The van der Waals surface area contributed by atoms with Crippen LogP contribution in [0.15, 0.2) is 47.6 Å². The molecule has 2 aliphatic rings. The van der Waals surface area contributed by atoms with Crippen molar-refractivity contribution in [3.05, 3.63) is 63.9 Å². The van der Waals surface area contributed by atoms with Gasteiger partial charge >= 0.3 is 0 Å². The first kappa shape index (κ1) is 16.2. The molecule has 3 heterocycles. The van der Waals surface area contributed by atoms with Gasteiger partial charge in [0.05, 0.1) is 11.7 Å². The van der Waals surface area contributed by atoms with E-state index in [4.69, 9.17) is 28.2 Å². The zero-order valence-electron chi connectivity index (χ0n) is 13.2. The van der Waals surface area contributed by atoms with E-state index < -0.39 is 0 Å². The summed E-state index contributed by atoms with van der Waals surface area (Å²) in [6.07, 6.45) is 2.91. The van der Waals surface area contributed by atoms with E-state index in [1.807, 2.05) is 54.4 Å². The number of thioether (sulfide) groups is 1. The number of aromatic nitrogens is 1. The predicted molar refractivity (Wildman–Crippen MR) is 102 cm³/mol. The van der Waals surface area contributed by atoms with Gasteiger partial charge < -0.3 is 4.90 Å². The third kappa shape index (κ3) is 2.71. The number of aliphatic imine (C=N–C) groups is 1. The highest BCUT2D eigenvalue weighted by Crippen LogP contribution is 2.50. The topological polar surface area (TPSA) is 28.5 Å². The molecule has 1 saturated heterocycles. The van der Waals surface area contributed by atoms with Gasteiger partial charge in [0.15, 0.2) is 5.17 Å². The molecule has 1 aromatic carbocycles. The van der Waals surface area contributed by atoms with Crippen molar-refractivity contribution in [3.8, 4) is 0 Å². The summed E-state index contributed by atoms with van der Waals surface area (Å²) in [5, 5.41) is 2.45. The molecule has 24 heavy (non-hydrogen) atoms. The van der Waals surface area contributed by atoms with Crippen molar-refractivity contribution in [3.63, 3.8) is 0 Å². The fraction of sp³-hybridized carbons (Fsp3) is 0.333. The van der Waals surface area contributed by atoms with Crippen LogP contribution in [0, 0.1) is 0 Å². The highest BCUT2D eigenvalue weighted by atomic mass is 35.5. The summed E-state index contributed by atoms with van der Waals surface area (Å²) in [5.41, 5.74) is 2.04. The number of fused-ring (bicyclic) bond motifs is 1. The minimum atomic E-state index is -0.0401. The third-order valence-electron chi connectivity index (χ3n) is 4.61. The summed E-state index contributed by atoms with van der Waals surface area (Å²) in [6, 6.07) is 12.2. The van der Waals surface area contributed by atoms with E-state index in [0.717, 1.165) is 28.6 Å². The molecule has 4 rings (SSSR count). The summed E-state index contributed by atoms with van der Waals surface area (Å²) >= 11 is 14.5. The lowest BCUT2D eigenvalue weighted by Gasteiger charge is -2.32. The second-order valence-electron chi connectivity index (χ2n) is 6.00. The van der Waals surface area contributed by atoms with Gasteiger partial charge in [-0.25, -0.2) is 0 Å². The average molecular weight is 378 g/mol. The molecule has 1 aromatic heterocycles. The molecule has 2 aliphatic heterocycles. The van der Waals surface area contributed by atoms with Crippen molar-refractivity contribution in [1.29, 1.82) is 0 Å². The molecule has 0 radical (unpaired) electrons. The van der Waals surface area contributed by atoms with Crippen LogP contribution >= 0.6 is 35.0 Å². The molecule has 3 nitrogen and oxygen atoms in total. The molecule has 0 bridgehead atoms. The van der Waals surface area contributed by atoms with Crippen molar-refractivity contribution in [1.82, 2.24) is 9.88 Å². The number of halogens is 2. The second-order valence-corrected chi connectivity index (χ2v) is 7.83. The number of amidine groups is 1. The Morgan fingerprint density at radius 1 is 1.25 bits per heavy atom. The number of hydrogen-bond donors (Lipinski definition) is 0. The van der Waals surface area contributed by atoms with Crippen LogP contribution in [0.3, 0.4) is 0 Å². The monoisotopic (exact) mass is 377 g/mol. The van der Waals surface area contributed by atoms with Crippen molar-refractivity contribution >= 4 is 40.1 Å². The highest BCUT2D eigenvalue weighted by molar-refractivity contribution is 8.14. The molecule has 3 atom stereocenters. The number of hydrogen-bond acceptors (Lipinski definition) is 4. The van der Waals surface area contributed by atoms with Gasteiger partial charge in [-0.3, -0.25) is 9.98 Å². The van der Waals surface area contributed by atoms with Crippen LogP contribution in [-0.4, -0.2) is 26.8 Å². The van der Waals surface area contributed by atoms with E-state index in [1.165, 1.54) is 0 Å². The Balaban J connectivity index is 1.82. The molecule has 1 fully saturated rings. The lowest BCUT2D eigenvalue weighted by atomic mass is 9.95. The van der Waals surface area contributed by atoms with E-state index in [1.54, 1.807) is 0 Å². The van der Waals surface area contributed by atoms with Crippen LogP contribution in [0.2, 0.25) is 10.0 Å². The summed E-state index contributed by atoms with van der Waals surface area (Å²) in [7, 11) is 0. The SMILES string of the molecule is CC[C@@H]1CSC2=N[C@@H](c3ccccn3)[C@@H](c3ccc(Cl)cc3Cl)N21. The van der Waals surface area contributed by atoms with Crippen LogP contribution < -0.4 is 0 Å². The maximum atomic E-state index is 6.55. The first-order chi connectivity index (χ1) is 11.7. The fourth-order valence-corrected chi connectivity index (χ4v) is 5.29. The molecule has 0 N–H and O–H groups in total. The zero-order chi connectivity index (χ0) is 16.7. The molecule has 6 heteroatoms. The van der Waals surface area contributed by atoms with E-state index >= 15 is 0 Å². The minimum absolute atomic E-state index is 0.0401. The smallest absolute Gasteiger partial charge is 0.160 e. The Morgan fingerprint density at radius 2 is 2.12 bits per heavy atom. The first-order valence-electron chi connectivity index (χ1n) is 8.04. The normalized spacial score (nSPS) is 25.7. The number of nitrogens with zero attached hydrogens (tertiary/aromatic N) is 3. The maximum Gasteiger partial charge on any atom is 0.160 e. The molecule has 124 valence electrons. The minimum Gasteiger partial charge on any atom is -0.338 e. The number of rotatable bonds is 3. The van der Waals surface area contributed by atoms with Gasteiger partial charge in [-0.15, -0.1) is 0 Å². The van der Waals surface area contributed by atoms with Gasteiger partial charge in [0, 0.05) is 28.0 Å². The van der Waals surface area contributed by atoms with Crippen LogP contribution in [-0.2, 0) is 0 Å². The second kappa shape index (κ2) is 6.58. The Kier molecular flexibility index (Phi) is 4.46. The van der Waals surface area contributed by atoms with Crippen LogP contribution in [0.4, 0.5) is 0 Å². The van der Waals surface area contributed by atoms with E-state index in [0.29, 0.717) is 16.1 Å². The van der Waals surface area contributed by atoms with Gasteiger partial charge in [0.2, 0.25) is 0 Å². The number of benzene rings is 1. The summed E-state index contributed by atoms with van der Waals surface area (Å²) in [5.74, 6) is 1.08. The quantitative estimate of drug-likeness (QED) is 0.719. The zero-order valence-corrected chi connectivity index (χ0v) is 15.5. The van der Waals surface area contributed by atoms with Crippen molar-refractivity contribution in [2.45, 2.75) is 31.5 Å². The fourth-order valence-electron chi connectivity index (χ4n) is 3.43. The van der Waals surface area contributed by atoms with Crippen molar-refractivity contribution < 1.29 is 0 Å². The number of pyridine rings is 1. The predicted octanol–water partition coefficient (Wildman–Crippen LogP) is 5.37. The Bertz CT molecular complexity index is 781. The summed E-state index contributed by atoms with van der Waals surface area (Å²) < 4.78 is 0. The van der Waals surface area contributed by atoms with Crippen molar-refractivity contribution in [2.75, 3.05) is 5.75 Å². The standard InChI is InChI=1S/C18H17Cl2N3S/c1-2-12-10-24-18-22-16(15-5-3-4-8-21-15)17(23(12)18)13-7-6-11(19)9-14(13)20/h3-9,12,16-17H,2,10H2,1H3/t12-,16+,17-/m1/s1. The van der Waals surface area contributed by atoms with Gasteiger partial charge in [0.1, 0.15) is 6.04 Å². The molecular formula is C18H17Cl2N3S. The largest absolute Gasteiger partial charge is 0.338 e. The van der Waals surface area contributed by atoms with Crippen LogP contribution in [0.5, 0.6) is 0 Å². The van der Waals surface area contributed by atoms with Crippen LogP contribution in [0.25, 0.3) is 0 Å². The molecule has 0 aliphatic carbocycles. The Morgan fingerprint density at radius 3 is 2.83 bits per heavy atom. The Hall–Kier alpha value is -1.23. The first-order valence-corrected chi connectivity index (χ1v) is 9.78. The Labute approximate surface area is 156 Å². The van der Waals surface area contributed by atoms with E-state index in [2.05, 4.69) is 16.8 Å². The van der Waals surface area contributed by atoms with Gasteiger partial charge in [0.25, 0.3) is 0 Å². The third-order valence-corrected chi connectivity index (χ3v) is 6.30. The maximum absolute atomic E-state index is 6.55. The van der Waals surface area contributed by atoms with Gasteiger partial charge in [-0.2, -0.15) is 0 Å². The molecule has 2 aromatic rings. The molecular weight excluding hydrogens is 361 g/mol.